The van der Waals surface area contributed by atoms with Crippen LogP contribution >= 0.6 is 0 Å². The number of amides is 2. The standard InChI is InChI=1S/C29H40N2O4/c1-5-34-26-17-15-23(19-27(26)35-6-2)16-18-28(32)31(20-24-13-11-21(3)12-14-24)22(4)29(33)30-25-9-7-8-10-25/h11-15,17,19,22,25H,5-10,16,18,20H2,1-4H3,(H,30,33). The lowest BCUT2D eigenvalue weighted by atomic mass is 10.1. The van der Waals surface area contributed by atoms with Crippen molar-refractivity contribution in [2.45, 2.75) is 84.8 Å². The number of rotatable bonds is 12. The van der Waals surface area contributed by atoms with Crippen molar-refractivity contribution in [3.8, 4) is 11.5 Å². The summed E-state index contributed by atoms with van der Waals surface area (Å²) >= 11 is 0. The molecule has 0 radical (unpaired) electrons. The number of nitrogens with one attached hydrogen (secondary N) is 1. The van der Waals surface area contributed by atoms with Crippen molar-refractivity contribution < 1.29 is 19.1 Å². The third-order valence-electron chi connectivity index (χ3n) is 6.58. The maximum atomic E-state index is 13.4. The number of benzene rings is 2. The van der Waals surface area contributed by atoms with E-state index >= 15 is 0 Å². The summed E-state index contributed by atoms with van der Waals surface area (Å²) < 4.78 is 11.4. The van der Waals surface area contributed by atoms with Gasteiger partial charge in [-0.1, -0.05) is 48.7 Å². The highest BCUT2D eigenvalue weighted by Crippen LogP contribution is 2.29. The highest BCUT2D eigenvalue weighted by molar-refractivity contribution is 5.87. The molecule has 1 atom stereocenters. The van der Waals surface area contributed by atoms with Gasteiger partial charge in [-0.25, -0.2) is 0 Å². The third-order valence-corrected chi connectivity index (χ3v) is 6.58. The van der Waals surface area contributed by atoms with Crippen LogP contribution < -0.4 is 14.8 Å². The molecule has 0 bridgehead atoms. The Kier molecular flexibility index (Phi) is 10.0. The molecule has 1 saturated carbocycles. The van der Waals surface area contributed by atoms with Crippen LogP contribution in [-0.4, -0.2) is 42.0 Å². The SMILES string of the molecule is CCOc1ccc(CCC(=O)N(Cc2ccc(C)cc2)C(C)C(=O)NC2CCCC2)cc1OCC. The molecule has 1 unspecified atom stereocenters. The zero-order valence-corrected chi connectivity index (χ0v) is 21.6. The van der Waals surface area contributed by atoms with E-state index in [1.54, 1.807) is 4.90 Å². The number of ether oxygens (including phenoxy) is 2. The van der Waals surface area contributed by atoms with Gasteiger partial charge in [-0.05, 0) is 70.2 Å². The summed E-state index contributed by atoms with van der Waals surface area (Å²) in [5.74, 6) is 1.30. The second-order valence-corrected chi connectivity index (χ2v) is 9.32. The first-order chi connectivity index (χ1) is 16.9. The van der Waals surface area contributed by atoms with E-state index in [1.165, 1.54) is 5.56 Å². The average molecular weight is 481 g/mol. The van der Waals surface area contributed by atoms with E-state index in [0.29, 0.717) is 44.1 Å². The second kappa shape index (κ2) is 13.2. The molecule has 6 heteroatoms. The molecule has 35 heavy (non-hydrogen) atoms. The van der Waals surface area contributed by atoms with E-state index in [-0.39, 0.29) is 17.9 Å². The van der Waals surface area contributed by atoms with E-state index < -0.39 is 6.04 Å². The van der Waals surface area contributed by atoms with Gasteiger partial charge >= 0.3 is 0 Å². The minimum absolute atomic E-state index is 0.0357. The van der Waals surface area contributed by atoms with Crippen LogP contribution in [0, 0.1) is 6.92 Å². The lowest BCUT2D eigenvalue weighted by molar-refractivity contribution is -0.140. The summed E-state index contributed by atoms with van der Waals surface area (Å²) in [5, 5.41) is 3.16. The van der Waals surface area contributed by atoms with Crippen molar-refractivity contribution >= 4 is 11.8 Å². The number of carbonyl (C=O) groups is 2. The van der Waals surface area contributed by atoms with Crippen molar-refractivity contribution in [2.24, 2.45) is 0 Å². The van der Waals surface area contributed by atoms with Crippen molar-refractivity contribution in [1.29, 1.82) is 0 Å². The molecule has 0 aromatic heterocycles. The maximum absolute atomic E-state index is 13.4. The van der Waals surface area contributed by atoms with Gasteiger partial charge < -0.3 is 19.7 Å². The van der Waals surface area contributed by atoms with Crippen molar-refractivity contribution in [1.82, 2.24) is 10.2 Å². The molecule has 0 saturated heterocycles. The zero-order chi connectivity index (χ0) is 25.2. The lowest BCUT2D eigenvalue weighted by Crippen LogP contribution is -2.49. The second-order valence-electron chi connectivity index (χ2n) is 9.32. The lowest BCUT2D eigenvalue weighted by Gasteiger charge is -2.30. The van der Waals surface area contributed by atoms with Gasteiger partial charge in [-0.15, -0.1) is 0 Å². The fraction of sp³-hybridized carbons (Fsp3) is 0.517. The molecule has 1 aliphatic carbocycles. The zero-order valence-electron chi connectivity index (χ0n) is 21.6. The highest BCUT2D eigenvalue weighted by atomic mass is 16.5. The Labute approximate surface area is 210 Å². The third kappa shape index (κ3) is 7.74. The molecule has 1 fully saturated rings. The Bertz CT molecular complexity index is 967. The van der Waals surface area contributed by atoms with Gasteiger partial charge in [0.2, 0.25) is 11.8 Å². The van der Waals surface area contributed by atoms with Gasteiger partial charge in [0.05, 0.1) is 13.2 Å². The number of hydrogen-bond acceptors (Lipinski definition) is 4. The molecule has 2 amide bonds. The van der Waals surface area contributed by atoms with Crippen LogP contribution in [0.4, 0.5) is 0 Å². The highest BCUT2D eigenvalue weighted by Gasteiger charge is 2.28. The molecular formula is C29H40N2O4. The quantitative estimate of drug-likeness (QED) is 0.453. The minimum Gasteiger partial charge on any atom is -0.490 e. The average Bonchev–Trinajstić information content (AvgIpc) is 3.36. The molecule has 1 aliphatic rings. The van der Waals surface area contributed by atoms with E-state index in [1.807, 2.05) is 70.2 Å². The topological polar surface area (TPSA) is 67.9 Å². The predicted molar refractivity (Wildman–Crippen MR) is 139 cm³/mol. The number of nitrogens with zero attached hydrogens (tertiary/aromatic N) is 1. The van der Waals surface area contributed by atoms with Crippen LogP contribution in [0.25, 0.3) is 0 Å². The van der Waals surface area contributed by atoms with E-state index in [9.17, 15) is 9.59 Å². The van der Waals surface area contributed by atoms with Gasteiger partial charge in [0.15, 0.2) is 11.5 Å². The molecule has 2 aromatic rings. The fourth-order valence-corrected chi connectivity index (χ4v) is 4.51. The van der Waals surface area contributed by atoms with Crippen LogP contribution in [0.5, 0.6) is 11.5 Å². The molecule has 6 nitrogen and oxygen atoms in total. The molecular weight excluding hydrogens is 440 g/mol. The Hall–Kier alpha value is -3.02. The normalized spacial score (nSPS) is 14.4. The van der Waals surface area contributed by atoms with Crippen LogP contribution in [0.15, 0.2) is 42.5 Å². The Morgan fingerprint density at radius 3 is 2.26 bits per heavy atom. The van der Waals surface area contributed by atoms with Crippen molar-refractivity contribution in [3.05, 3.63) is 59.2 Å². The number of aryl methyl sites for hydroxylation is 2. The van der Waals surface area contributed by atoms with E-state index in [2.05, 4.69) is 5.32 Å². The summed E-state index contributed by atoms with van der Waals surface area (Å²) in [6, 6.07) is 13.6. The summed E-state index contributed by atoms with van der Waals surface area (Å²) in [7, 11) is 0. The van der Waals surface area contributed by atoms with Crippen LogP contribution in [0.1, 0.15) is 69.6 Å². The van der Waals surface area contributed by atoms with Crippen LogP contribution in [-0.2, 0) is 22.6 Å². The summed E-state index contributed by atoms with van der Waals surface area (Å²) in [6.07, 6.45) is 5.21. The number of carbonyl (C=O) groups excluding carboxylic acids is 2. The van der Waals surface area contributed by atoms with Crippen LogP contribution in [0.2, 0.25) is 0 Å². The van der Waals surface area contributed by atoms with E-state index in [0.717, 1.165) is 36.8 Å². The molecule has 2 aromatic carbocycles. The van der Waals surface area contributed by atoms with Crippen molar-refractivity contribution in [3.63, 3.8) is 0 Å². The van der Waals surface area contributed by atoms with Gasteiger partial charge in [0.25, 0.3) is 0 Å². The van der Waals surface area contributed by atoms with Gasteiger partial charge in [-0.3, -0.25) is 9.59 Å². The molecule has 3 rings (SSSR count). The summed E-state index contributed by atoms with van der Waals surface area (Å²) in [6.45, 7) is 9.26. The first-order valence-electron chi connectivity index (χ1n) is 12.9. The molecule has 0 heterocycles. The molecule has 0 aliphatic heterocycles. The van der Waals surface area contributed by atoms with Crippen molar-refractivity contribution in [2.75, 3.05) is 13.2 Å². The fourth-order valence-electron chi connectivity index (χ4n) is 4.51. The Balaban J connectivity index is 1.72. The minimum atomic E-state index is -0.538. The van der Waals surface area contributed by atoms with Gasteiger partial charge in [-0.2, -0.15) is 0 Å². The Morgan fingerprint density at radius 2 is 1.60 bits per heavy atom. The monoisotopic (exact) mass is 480 g/mol. The Morgan fingerprint density at radius 1 is 0.971 bits per heavy atom. The predicted octanol–water partition coefficient (Wildman–Crippen LogP) is 5.20. The van der Waals surface area contributed by atoms with Gasteiger partial charge in [0, 0.05) is 19.0 Å². The smallest absolute Gasteiger partial charge is 0.242 e. The molecule has 190 valence electrons. The van der Waals surface area contributed by atoms with E-state index in [4.69, 9.17) is 9.47 Å². The summed E-state index contributed by atoms with van der Waals surface area (Å²) in [5.41, 5.74) is 3.19. The largest absolute Gasteiger partial charge is 0.490 e. The van der Waals surface area contributed by atoms with Gasteiger partial charge in [0.1, 0.15) is 6.04 Å². The molecule has 1 N–H and O–H groups in total. The molecule has 0 spiro atoms. The number of hydrogen-bond donors (Lipinski definition) is 1. The maximum Gasteiger partial charge on any atom is 0.242 e. The first kappa shape index (κ1) is 26.6. The van der Waals surface area contributed by atoms with Crippen LogP contribution in [0.3, 0.4) is 0 Å². The first-order valence-corrected chi connectivity index (χ1v) is 12.9. The summed E-state index contributed by atoms with van der Waals surface area (Å²) in [4.78, 5) is 28.2.